The van der Waals surface area contributed by atoms with Crippen LogP contribution in [0.5, 0.6) is 5.75 Å². The Hall–Kier alpha value is -4.89. The summed E-state index contributed by atoms with van der Waals surface area (Å²) in [7, 11) is 0. The minimum Gasteiger partial charge on any atom is -0.507 e. The van der Waals surface area contributed by atoms with E-state index in [4.69, 9.17) is 9.97 Å². The van der Waals surface area contributed by atoms with Crippen LogP contribution in [0.25, 0.3) is 11.3 Å². The Balaban J connectivity index is 0.726. The first-order valence-electron chi connectivity index (χ1n) is 22.5. The van der Waals surface area contributed by atoms with Crippen LogP contribution in [0.4, 0.5) is 17.5 Å². The number of β-amino-alcohol motifs (C(OH)–C–C–N with tert-alkyl or cyclic N) is 1. The van der Waals surface area contributed by atoms with Gasteiger partial charge in [0.05, 0.1) is 29.6 Å². The van der Waals surface area contributed by atoms with Gasteiger partial charge in [0.2, 0.25) is 17.8 Å². The van der Waals surface area contributed by atoms with Crippen LogP contribution >= 0.6 is 0 Å². The van der Waals surface area contributed by atoms with Gasteiger partial charge in [0, 0.05) is 69.1 Å². The first-order valence-corrected chi connectivity index (χ1v) is 22.5. The van der Waals surface area contributed by atoms with Gasteiger partial charge in [0.1, 0.15) is 11.8 Å². The molecule has 15 heteroatoms. The van der Waals surface area contributed by atoms with E-state index in [2.05, 4.69) is 35.5 Å². The third-order valence-corrected chi connectivity index (χ3v) is 14.9. The summed E-state index contributed by atoms with van der Waals surface area (Å²) in [6, 6.07) is 8.66. The van der Waals surface area contributed by atoms with E-state index in [0.29, 0.717) is 28.6 Å². The van der Waals surface area contributed by atoms with E-state index in [0.717, 1.165) is 95.2 Å². The number of aromatic nitrogens is 4. The van der Waals surface area contributed by atoms with E-state index >= 15 is 0 Å². The molecule has 4 aliphatic heterocycles. The van der Waals surface area contributed by atoms with Gasteiger partial charge in [-0.3, -0.25) is 14.4 Å². The molecule has 6 heterocycles. The molecule has 5 fully saturated rings. The molecule has 1 spiro atoms. The highest BCUT2D eigenvalue weighted by Crippen LogP contribution is 2.55. The maximum absolute atomic E-state index is 13.7. The molecule has 326 valence electrons. The number of anilines is 3. The highest BCUT2D eigenvalue weighted by molar-refractivity contribution is 5.93. The molecule has 4 atom stereocenters. The number of piperazine rings is 1. The first-order chi connectivity index (χ1) is 29.2. The quantitative estimate of drug-likeness (QED) is 0.252. The molecule has 2 aromatic heterocycles. The molecule has 15 nitrogen and oxygen atoms in total. The number of ketones is 1. The zero-order chi connectivity index (χ0) is 42.6. The van der Waals surface area contributed by atoms with Gasteiger partial charge < -0.3 is 40.4 Å². The molecular weight excluding hydrogens is 773 g/mol. The molecule has 4 N–H and O–H groups in total. The lowest BCUT2D eigenvalue weighted by atomic mass is 9.56. The number of phenolic OH excluding ortho intramolecular Hbond substituents is 1. The van der Waals surface area contributed by atoms with Crippen molar-refractivity contribution in [1.82, 2.24) is 35.3 Å². The number of likely N-dealkylation sites (tertiary alicyclic amines) is 2. The molecule has 0 bridgehead atoms. The van der Waals surface area contributed by atoms with E-state index < -0.39 is 23.6 Å². The number of carbonyl (C=O) groups is 3. The van der Waals surface area contributed by atoms with Gasteiger partial charge in [-0.15, -0.1) is 10.2 Å². The molecule has 3 aromatic rings. The van der Waals surface area contributed by atoms with Crippen molar-refractivity contribution in [2.45, 2.75) is 122 Å². The Morgan fingerprint density at radius 3 is 2.34 bits per heavy atom. The fraction of sp³-hybridized carbons (Fsp3) is 0.630. The Morgan fingerprint density at radius 1 is 0.934 bits per heavy atom. The van der Waals surface area contributed by atoms with Crippen molar-refractivity contribution < 1.29 is 24.6 Å². The summed E-state index contributed by atoms with van der Waals surface area (Å²) in [5, 5.41) is 36.1. The van der Waals surface area contributed by atoms with E-state index in [-0.39, 0.29) is 48.3 Å². The lowest BCUT2D eigenvalue weighted by Gasteiger charge is -2.55. The number of aromatic hydroxyl groups is 1. The summed E-state index contributed by atoms with van der Waals surface area (Å²) in [4.78, 5) is 58.3. The van der Waals surface area contributed by atoms with Gasteiger partial charge in [-0.2, -0.15) is 0 Å². The predicted molar refractivity (Wildman–Crippen MR) is 232 cm³/mol. The molecule has 1 aromatic carbocycles. The number of hydrogen-bond acceptors (Lipinski definition) is 13. The topological polar surface area (TPSA) is 180 Å². The van der Waals surface area contributed by atoms with Gasteiger partial charge >= 0.3 is 0 Å². The molecular formula is C46H62N10O5. The number of rotatable bonds is 8. The molecule has 2 amide bonds. The number of nitrogens with one attached hydrogen (secondary N) is 2. The second-order valence-corrected chi connectivity index (χ2v) is 19.9. The van der Waals surface area contributed by atoms with E-state index in [1.54, 1.807) is 12.1 Å². The Morgan fingerprint density at radius 2 is 1.66 bits per heavy atom. The van der Waals surface area contributed by atoms with Crippen molar-refractivity contribution in [3.8, 4) is 17.0 Å². The Kier molecular flexibility index (Phi) is 11.2. The molecule has 9 rings (SSSR count). The number of carbonyl (C=O) groups excluding carboxylic acids is 3. The van der Waals surface area contributed by atoms with E-state index in [9.17, 15) is 24.6 Å². The number of aliphatic hydroxyl groups excluding tert-OH is 1. The standard InChI is InChI=1S/C46H62N10O5/c1-28(57)37-19-34(58)27-56(37)43(61)40(45(2,3)4)50-42(60)30-9-13-46(14-10-30)21-32(22-46)53-15-11-29(12-16-53)31-23-48-44(49-24-31)54-17-18-55-33(26-54)25-47-41-38(55)20-36(51-52-41)35-7-5-6-8-39(35)59/h5-8,20,23-24,29-30,32-34,37,40,58-59H,9-19,21-22,25-27H2,1-4H3,(H,47,52)(H,50,60)/t30-,32-,33-,34+,37-,40+,46?/m0/s1. The molecule has 2 aliphatic carbocycles. The van der Waals surface area contributed by atoms with Crippen LogP contribution < -0.4 is 20.4 Å². The number of para-hydroxylation sites is 1. The zero-order valence-electron chi connectivity index (χ0n) is 36.1. The third-order valence-electron chi connectivity index (χ3n) is 14.9. The summed E-state index contributed by atoms with van der Waals surface area (Å²) in [6.07, 6.45) is 11.9. The summed E-state index contributed by atoms with van der Waals surface area (Å²) in [6.45, 7) is 12.7. The number of nitrogens with zero attached hydrogens (tertiary/aromatic N) is 8. The number of hydrogen-bond donors (Lipinski definition) is 4. The van der Waals surface area contributed by atoms with Crippen molar-refractivity contribution in [3.05, 3.63) is 48.3 Å². The second kappa shape index (κ2) is 16.4. The summed E-state index contributed by atoms with van der Waals surface area (Å²) in [5.74, 6) is 1.58. The second-order valence-electron chi connectivity index (χ2n) is 19.9. The van der Waals surface area contributed by atoms with Crippen LogP contribution in [-0.2, 0) is 14.4 Å². The average molecular weight is 835 g/mol. The molecule has 0 radical (unpaired) electrons. The number of fused-ring (bicyclic) bond motifs is 3. The van der Waals surface area contributed by atoms with Crippen molar-refractivity contribution in [3.63, 3.8) is 0 Å². The monoisotopic (exact) mass is 834 g/mol. The van der Waals surface area contributed by atoms with Crippen molar-refractivity contribution in [2.75, 3.05) is 60.9 Å². The normalized spacial score (nSPS) is 28.7. The van der Waals surface area contributed by atoms with Crippen LogP contribution in [-0.4, -0.2) is 134 Å². The third kappa shape index (κ3) is 8.27. The minimum atomic E-state index is -0.761. The maximum Gasteiger partial charge on any atom is 0.246 e. The van der Waals surface area contributed by atoms with Crippen LogP contribution in [0.3, 0.4) is 0 Å². The van der Waals surface area contributed by atoms with Crippen LogP contribution in [0.15, 0.2) is 42.7 Å². The van der Waals surface area contributed by atoms with Gasteiger partial charge in [-0.1, -0.05) is 32.9 Å². The lowest BCUT2D eigenvalue weighted by molar-refractivity contribution is -0.144. The molecule has 0 unspecified atom stereocenters. The SMILES string of the molecule is CC(=O)[C@@H]1C[C@@H](O)CN1C(=O)[C@@H](NC(=O)[C@H]1CCC2(CC1)C[C@H](N1CCC(c3cnc(N4CCN5c6cc(-c7ccccc7O)nnc6NC[C@H]5C4)nc3)CC1)C2)C(C)(C)C. The van der Waals surface area contributed by atoms with Gasteiger partial charge in [0.15, 0.2) is 11.6 Å². The fourth-order valence-electron chi connectivity index (χ4n) is 11.2. The van der Waals surface area contributed by atoms with E-state index in [1.165, 1.54) is 30.2 Å². The number of phenols is 1. The van der Waals surface area contributed by atoms with Crippen LogP contribution in [0, 0.1) is 16.7 Å². The van der Waals surface area contributed by atoms with Crippen molar-refractivity contribution in [2.24, 2.45) is 16.7 Å². The fourth-order valence-corrected chi connectivity index (χ4v) is 11.2. The highest BCUT2D eigenvalue weighted by atomic mass is 16.3. The molecule has 6 aliphatic rings. The number of Topliss-reactive ketones (excluding diaryl/α,β-unsaturated/α-hetero) is 1. The van der Waals surface area contributed by atoms with Gasteiger partial charge in [0.25, 0.3) is 0 Å². The predicted octanol–water partition coefficient (Wildman–Crippen LogP) is 4.36. The average Bonchev–Trinajstić information content (AvgIpc) is 3.66. The molecule has 61 heavy (non-hydrogen) atoms. The van der Waals surface area contributed by atoms with Crippen LogP contribution in [0.2, 0.25) is 0 Å². The highest BCUT2D eigenvalue weighted by Gasteiger charge is 2.50. The summed E-state index contributed by atoms with van der Waals surface area (Å²) >= 11 is 0. The minimum absolute atomic E-state index is 0.0656. The van der Waals surface area contributed by atoms with Gasteiger partial charge in [-0.25, -0.2) is 9.97 Å². The maximum atomic E-state index is 13.7. The molecule has 3 saturated heterocycles. The van der Waals surface area contributed by atoms with Crippen LogP contribution in [0.1, 0.15) is 97.0 Å². The molecule has 2 saturated carbocycles. The largest absolute Gasteiger partial charge is 0.507 e. The Bertz CT molecular complexity index is 2100. The number of piperidine rings is 1. The number of aliphatic hydroxyl groups is 1. The lowest BCUT2D eigenvalue weighted by Crippen LogP contribution is -2.58. The smallest absolute Gasteiger partial charge is 0.246 e. The van der Waals surface area contributed by atoms with Crippen molar-refractivity contribution in [1.29, 1.82) is 0 Å². The van der Waals surface area contributed by atoms with Crippen molar-refractivity contribution >= 4 is 35.1 Å². The van der Waals surface area contributed by atoms with Gasteiger partial charge in [-0.05, 0) is 112 Å². The zero-order valence-corrected chi connectivity index (χ0v) is 36.1. The first kappa shape index (κ1) is 41.5. The summed E-state index contributed by atoms with van der Waals surface area (Å²) < 4.78 is 0. The number of benzene rings is 1. The summed E-state index contributed by atoms with van der Waals surface area (Å²) in [5.41, 5.74) is 3.32. The Labute approximate surface area is 358 Å². The number of amides is 2. The van der Waals surface area contributed by atoms with E-state index in [1.807, 2.05) is 51.4 Å².